The molecule has 0 aromatic heterocycles. The summed E-state index contributed by atoms with van der Waals surface area (Å²) in [6.45, 7) is -0.644. The Morgan fingerprint density at radius 2 is 2.08 bits per heavy atom. The molecule has 1 saturated heterocycles. The average molecular weight is 180 g/mol. The number of carbonyl (C=O) groups excluding carboxylic acids is 1. The molecule has 1 aliphatic rings. The molecule has 1 aliphatic heterocycles. The number of Topliss-reactive ketones (excluding diaryl/α,β-unsaturated/α-hetero) is 1. The molecule has 0 aromatic rings. The lowest BCUT2D eigenvalue weighted by molar-refractivity contribution is -0.170. The highest BCUT2D eigenvalue weighted by Crippen LogP contribution is 2.11. The maximum absolute atomic E-state index is 10.6. The molecule has 0 aliphatic carbocycles. The summed E-state index contributed by atoms with van der Waals surface area (Å²) in [4.78, 5) is 10.6. The predicted molar refractivity (Wildman–Crippen MR) is 37.5 cm³/mol. The van der Waals surface area contributed by atoms with Crippen molar-refractivity contribution in [1.29, 1.82) is 0 Å². The second kappa shape index (κ2) is 4.48. The fourth-order valence-corrected chi connectivity index (χ4v) is 0.928. The zero-order valence-electron chi connectivity index (χ0n) is 6.30. The van der Waals surface area contributed by atoms with Gasteiger partial charge in [0.2, 0.25) is 0 Å². The van der Waals surface area contributed by atoms with E-state index in [1.165, 1.54) is 0 Å². The van der Waals surface area contributed by atoms with Crippen molar-refractivity contribution in [2.24, 2.45) is 0 Å². The largest absolute Gasteiger partial charge is 0.412 e. The Balaban J connectivity index is 0.00000121. The minimum atomic E-state index is -1.42. The molecular weight excluding hydrogens is 168 g/mol. The van der Waals surface area contributed by atoms with Crippen LogP contribution in [0.2, 0.25) is 0 Å². The summed E-state index contributed by atoms with van der Waals surface area (Å²) in [6.07, 6.45) is -3.56. The average Bonchev–Trinajstić information content (AvgIpc) is 2.01. The van der Waals surface area contributed by atoms with Gasteiger partial charge in [-0.1, -0.05) is 0 Å². The molecule has 0 saturated carbocycles. The van der Waals surface area contributed by atoms with E-state index in [9.17, 15) is 4.79 Å². The highest BCUT2D eigenvalue weighted by molar-refractivity contribution is 5.85. The SMILES string of the molecule is O.O=C1COC(CO)C(O)C1O. The van der Waals surface area contributed by atoms with Crippen molar-refractivity contribution in [3.63, 3.8) is 0 Å². The lowest BCUT2D eigenvalue weighted by Gasteiger charge is -2.29. The second-order valence-electron chi connectivity index (χ2n) is 2.43. The Morgan fingerprint density at radius 3 is 2.58 bits per heavy atom. The Labute approximate surface area is 68.7 Å². The van der Waals surface area contributed by atoms with E-state index in [1.54, 1.807) is 0 Å². The molecule has 3 unspecified atom stereocenters. The van der Waals surface area contributed by atoms with E-state index in [2.05, 4.69) is 0 Å². The first-order chi connectivity index (χ1) is 5.16. The third-order valence-electron chi connectivity index (χ3n) is 1.65. The minimum absolute atomic E-state index is 0. The van der Waals surface area contributed by atoms with Gasteiger partial charge >= 0.3 is 0 Å². The van der Waals surface area contributed by atoms with E-state index < -0.39 is 30.7 Å². The summed E-state index contributed by atoms with van der Waals surface area (Å²) in [7, 11) is 0. The standard InChI is InChI=1S/C6H10O5.H2O/c7-1-4-6(10)5(9)3(8)2-11-4;/h4-7,9-10H,1-2H2;1H2. The normalized spacial score (nSPS) is 35.9. The van der Waals surface area contributed by atoms with E-state index >= 15 is 0 Å². The molecule has 12 heavy (non-hydrogen) atoms. The molecule has 5 N–H and O–H groups in total. The molecule has 3 atom stereocenters. The van der Waals surface area contributed by atoms with E-state index in [1.807, 2.05) is 0 Å². The summed E-state index contributed by atoms with van der Waals surface area (Å²) < 4.78 is 4.71. The number of hydrogen-bond donors (Lipinski definition) is 3. The molecule has 0 aromatic carbocycles. The van der Waals surface area contributed by atoms with Gasteiger partial charge in [0.25, 0.3) is 0 Å². The van der Waals surface area contributed by atoms with Gasteiger partial charge in [-0.2, -0.15) is 0 Å². The number of ether oxygens (including phenoxy) is 1. The number of ketones is 1. The van der Waals surface area contributed by atoms with Crippen molar-refractivity contribution in [3.8, 4) is 0 Å². The summed E-state index contributed by atoms with van der Waals surface area (Å²) >= 11 is 0. The maximum Gasteiger partial charge on any atom is 0.189 e. The maximum atomic E-state index is 10.6. The Morgan fingerprint density at radius 1 is 1.50 bits per heavy atom. The zero-order valence-corrected chi connectivity index (χ0v) is 6.30. The van der Waals surface area contributed by atoms with Gasteiger partial charge in [0.1, 0.15) is 24.9 Å². The molecule has 6 heteroatoms. The summed E-state index contributed by atoms with van der Waals surface area (Å²) in [6, 6.07) is 0. The molecule has 1 heterocycles. The van der Waals surface area contributed by atoms with Crippen LogP contribution >= 0.6 is 0 Å². The summed E-state index contributed by atoms with van der Waals surface area (Å²) in [5.74, 6) is -0.554. The summed E-state index contributed by atoms with van der Waals surface area (Å²) in [5.41, 5.74) is 0. The first kappa shape index (κ1) is 11.5. The topological polar surface area (TPSA) is 118 Å². The van der Waals surface area contributed by atoms with Gasteiger partial charge < -0.3 is 25.5 Å². The minimum Gasteiger partial charge on any atom is -0.412 e. The van der Waals surface area contributed by atoms with E-state index in [-0.39, 0.29) is 12.1 Å². The zero-order chi connectivity index (χ0) is 8.43. The molecule has 72 valence electrons. The van der Waals surface area contributed by atoms with Crippen molar-refractivity contribution in [1.82, 2.24) is 0 Å². The monoisotopic (exact) mass is 180 g/mol. The van der Waals surface area contributed by atoms with Crippen LogP contribution in [-0.4, -0.2) is 58.1 Å². The van der Waals surface area contributed by atoms with E-state index in [0.29, 0.717) is 0 Å². The van der Waals surface area contributed by atoms with Gasteiger partial charge in [-0.15, -0.1) is 0 Å². The van der Waals surface area contributed by atoms with Gasteiger partial charge in [0.05, 0.1) is 6.61 Å². The van der Waals surface area contributed by atoms with Gasteiger partial charge in [0.15, 0.2) is 5.78 Å². The second-order valence-corrected chi connectivity index (χ2v) is 2.43. The van der Waals surface area contributed by atoms with Gasteiger partial charge in [-0.3, -0.25) is 4.79 Å². The smallest absolute Gasteiger partial charge is 0.189 e. The third-order valence-corrected chi connectivity index (χ3v) is 1.65. The number of hydrogen-bond acceptors (Lipinski definition) is 5. The third kappa shape index (κ3) is 1.99. The van der Waals surface area contributed by atoms with Crippen LogP contribution in [0.25, 0.3) is 0 Å². The number of aliphatic hydroxyl groups excluding tert-OH is 3. The number of aliphatic hydroxyl groups is 3. The van der Waals surface area contributed by atoms with Crippen LogP contribution in [0.3, 0.4) is 0 Å². The summed E-state index contributed by atoms with van der Waals surface area (Å²) in [5, 5.41) is 26.6. The van der Waals surface area contributed by atoms with Gasteiger partial charge in [0, 0.05) is 0 Å². The number of rotatable bonds is 1. The highest BCUT2D eigenvalue weighted by atomic mass is 16.5. The van der Waals surface area contributed by atoms with Crippen LogP contribution in [0.5, 0.6) is 0 Å². The van der Waals surface area contributed by atoms with Crippen LogP contribution in [-0.2, 0) is 9.53 Å². The molecule has 0 bridgehead atoms. The number of carbonyl (C=O) groups is 1. The Hall–Kier alpha value is -0.530. The molecule has 1 rings (SSSR count). The molecule has 6 nitrogen and oxygen atoms in total. The van der Waals surface area contributed by atoms with Crippen LogP contribution in [0.1, 0.15) is 0 Å². The lowest BCUT2D eigenvalue weighted by Crippen LogP contribution is -2.51. The lowest BCUT2D eigenvalue weighted by atomic mass is 10.0. The van der Waals surface area contributed by atoms with Crippen LogP contribution < -0.4 is 0 Å². The quantitative estimate of drug-likeness (QED) is 0.393. The van der Waals surface area contributed by atoms with Crippen LogP contribution in [0, 0.1) is 0 Å². The van der Waals surface area contributed by atoms with E-state index in [0.717, 1.165) is 0 Å². The fraction of sp³-hybridized carbons (Fsp3) is 0.833. The van der Waals surface area contributed by atoms with Crippen molar-refractivity contribution in [2.45, 2.75) is 18.3 Å². The first-order valence-corrected chi connectivity index (χ1v) is 3.28. The molecule has 1 fully saturated rings. The van der Waals surface area contributed by atoms with Crippen LogP contribution in [0.15, 0.2) is 0 Å². The molecule has 0 radical (unpaired) electrons. The van der Waals surface area contributed by atoms with Crippen molar-refractivity contribution in [3.05, 3.63) is 0 Å². The van der Waals surface area contributed by atoms with E-state index in [4.69, 9.17) is 20.1 Å². The molecular formula is C6H12O6. The fourth-order valence-electron chi connectivity index (χ4n) is 0.928. The van der Waals surface area contributed by atoms with Crippen molar-refractivity contribution in [2.75, 3.05) is 13.2 Å². The van der Waals surface area contributed by atoms with Gasteiger partial charge in [-0.25, -0.2) is 0 Å². The Kier molecular flexibility index (Phi) is 4.29. The van der Waals surface area contributed by atoms with Crippen molar-refractivity contribution >= 4 is 5.78 Å². The van der Waals surface area contributed by atoms with Crippen molar-refractivity contribution < 1.29 is 30.3 Å². The highest BCUT2D eigenvalue weighted by Gasteiger charge is 2.36. The first-order valence-electron chi connectivity index (χ1n) is 3.28. The Bertz CT molecular complexity index is 158. The van der Waals surface area contributed by atoms with Gasteiger partial charge in [-0.05, 0) is 0 Å². The van der Waals surface area contributed by atoms with Crippen LogP contribution in [0.4, 0.5) is 0 Å². The molecule has 0 spiro atoms. The predicted octanol–water partition coefficient (Wildman–Crippen LogP) is -3.16. The molecule has 0 amide bonds.